The van der Waals surface area contributed by atoms with Crippen LogP contribution in [0.5, 0.6) is 11.8 Å². The van der Waals surface area contributed by atoms with E-state index < -0.39 is 11.8 Å². The van der Waals surface area contributed by atoms with Crippen molar-refractivity contribution in [3.8, 4) is 11.8 Å². The average molecular weight is 449 g/mol. The van der Waals surface area contributed by atoms with Crippen LogP contribution in [0.25, 0.3) is 22.3 Å². The van der Waals surface area contributed by atoms with Gasteiger partial charge in [0, 0.05) is 11.8 Å². The third-order valence-corrected chi connectivity index (χ3v) is 2.54. The number of nitrogens with one attached hydrogen (secondary N) is 2. The van der Waals surface area contributed by atoms with Crippen LogP contribution in [0.4, 0.5) is 11.9 Å². The van der Waals surface area contributed by atoms with Gasteiger partial charge < -0.3 is 31.6 Å². The number of nitrogens with zero attached hydrogens (tertiary/aromatic N) is 6. The molecule has 4 aromatic rings. The maximum atomic E-state index is 11.0. The van der Waals surface area contributed by atoms with Gasteiger partial charge in [0.2, 0.25) is 11.9 Å². The SMILES string of the molecule is Nc1nc([O-])c2[nH]cnc2n1.Nc1nc([O-])c2[nH]cnc2n1.[CH3][Sn+2][CH3]. The predicted molar refractivity (Wildman–Crippen MR) is 88.6 cm³/mol. The molecule has 4 rings (SSSR count). The second kappa shape index (κ2) is 8.27. The zero-order valence-electron chi connectivity index (χ0n) is 13.3. The molecule has 0 saturated heterocycles. The van der Waals surface area contributed by atoms with Crippen LogP contribution in [0.1, 0.15) is 0 Å². The standard InChI is InChI=1S/2C5H5N5O.2CH3.Sn/c2*6-5-9-3-2(4(11)10-5)7-1-8-3;;;/h2*1H,(H4,6,7,8,9,10,11);2*1H3;/q;;;;+2/p-2. The Balaban J connectivity index is 0.000000156. The molecule has 0 aromatic carbocycles. The van der Waals surface area contributed by atoms with Gasteiger partial charge >= 0.3 is 31.0 Å². The normalized spacial score (nSPS) is 9.68. The van der Waals surface area contributed by atoms with Crippen molar-refractivity contribution in [1.82, 2.24) is 39.9 Å². The summed E-state index contributed by atoms with van der Waals surface area (Å²) in [6.07, 6.45) is 2.75. The Morgan fingerprint density at radius 1 is 0.800 bits per heavy atom. The number of H-pyrrole nitrogens is 2. The van der Waals surface area contributed by atoms with Gasteiger partial charge in [-0.2, -0.15) is 9.97 Å². The summed E-state index contributed by atoms with van der Waals surface area (Å²) in [6, 6.07) is 0. The summed E-state index contributed by atoms with van der Waals surface area (Å²) in [5.41, 5.74) is 11.6. The topological polar surface area (TPSA) is 207 Å². The monoisotopic (exact) mass is 450 g/mol. The van der Waals surface area contributed by atoms with E-state index >= 15 is 0 Å². The van der Waals surface area contributed by atoms with Gasteiger partial charge in [0.1, 0.15) is 0 Å². The van der Waals surface area contributed by atoms with Crippen molar-refractivity contribution in [2.75, 3.05) is 11.5 Å². The summed E-state index contributed by atoms with van der Waals surface area (Å²) in [5.74, 6) is -0.945. The molecule has 12 nitrogen and oxygen atoms in total. The number of anilines is 2. The predicted octanol–water partition coefficient (Wildman–Crippen LogP) is -1.20. The number of imidazole rings is 2. The average Bonchev–Trinajstić information content (AvgIpc) is 3.17. The first kappa shape index (κ1) is 18.4. The molecule has 13 heteroatoms. The van der Waals surface area contributed by atoms with Crippen LogP contribution in [-0.2, 0) is 0 Å². The quantitative estimate of drug-likeness (QED) is 0.236. The summed E-state index contributed by atoms with van der Waals surface area (Å²) in [4.78, 5) is 31.6. The zero-order valence-corrected chi connectivity index (χ0v) is 16.2. The summed E-state index contributed by atoms with van der Waals surface area (Å²) in [6.45, 7) is 0. The van der Waals surface area contributed by atoms with E-state index in [2.05, 4.69) is 49.8 Å². The molecule has 0 unspecified atom stereocenters. The van der Waals surface area contributed by atoms with Gasteiger partial charge in [0.15, 0.2) is 11.3 Å². The van der Waals surface area contributed by atoms with Gasteiger partial charge in [-0.25, -0.2) is 19.9 Å². The molecular weight excluding hydrogens is 435 g/mol. The van der Waals surface area contributed by atoms with Crippen LogP contribution in [0, 0.1) is 0 Å². The first-order valence-electron chi connectivity index (χ1n) is 6.82. The summed E-state index contributed by atoms with van der Waals surface area (Å²) < 4.78 is 0. The molecule has 0 saturated carbocycles. The minimum absolute atomic E-state index is 0.0467. The number of nitrogens with two attached hydrogens (primary N) is 2. The van der Waals surface area contributed by atoms with Crippen molar-refractivity contribution in [2.24, 2.45) is 0 Å². The number of nitrogen functional groups attached to an aromatic ring is 2. The van der Waals surface area contributed by atoms with Gasteiger partial charge in [-0.3, -0.25) is 0 Å². The maximum absolute atomic E-state index is 11.0. The fourth-order valence-electron chi connectivity index (χ4n) is 1.65. The van der Waals surface area contributed by atoms with E-state index in [-0.39, 0.29) is 33.0 Å². The van der Waals surface area contributed by atoms with Crippen LogP contribution in [0.2, 0.25) is 9.88 Å². The van der Waals surface area contributed by atoms with E-state index in [4.69, 9.17) is 11.5 Å². The van der Waals surface area contributed by atoms with E-state index in [1.807, 2.05) is 0 Å². The Hall–Kier alpha value is -2.90. The van der Waals surface area contributed by atoms with Gasteiger partial charge in [-0.15, -0.1) is 0 Å². The van der Waals surface area contributed by atoms with Crippen molar-refractivity contribution >= 4 is 55.4 Å². The van der Waals surface area contributed by atoms with E-state index in [9.17, 15) is 10.2 Å². The molecule has 4 heterocycles. The number of aromatic amines is 2. The van der Waals surface area contributed by atoms with E-state index in [1.54, 1.807) is 0 Å². The van der Waals surface area contributed by atoms with E-state index in [0.29, 0.717) is 22.3 Å². The fraction of sp³-hybridized carbons (Fsp3) is 0.167. The third-order valence-electron chi connectivity index (χ3n) is 2.54. The molecule has 0 aliphatic rings. The molecule has 4 aromatic heterocycles. The molecule has 0 amide bonds. The molecule has 0 fully saturated rings. The molecule has 0 spiro atoms. The molecule has 0 aliphatic heterocycles. The van der Waals surface area contributed by atoms with Crippen LogP contribution >= 0.6 is 0 Å². The fourth-order valence-corrected chi connectivity index (χ4v) is 1.65. The number of fused-ring (bicyclic) bond motifs is 2. The number of aromatic nitrogens is 8. The number of hydrogen-bond acceptors (Lipinski definition) is 10. The summed E-state index contributed by atoms with van der Waals surface area (Å²) in [5, 5.41) is 21.9. The Morgan fingerprint density at radius 2 is 1.16 bits per heavy atom. The van der Waals surface area contributed by atoms with E-state index in [0.717, 1.165) is 0 Å². The molecule has 0 aliphatic carbocycles. The molecule has 128 valence electrons. The zero-order chi connectivity index (χ0) is 18.4. The summed E-state index contributed by atoms with van der Waals surface area (Å²) in [7, 11) is 0. The molecule has 0 bridgehead atoms. The van der Waals surface area contributed by atoms with Crippen molar-refractivity contribution in [2.45, 2.75) is 9.88 Å². The Labute approximate surface area is 151 Å². The number of hydrogen-bond donors (Lipinski definition) is 4. The molecule has 6 N–H and O–H groups in total. The first-order valence-corrected chi connectivity index (χ1v) is 12.5. The minimum atomic E-state index is -0.426. The van der Waals surface area contributed by atoms with Crippen molar-refractivity contribution in [3.63, 3.8) is 0 Å². The van der Waals surface area contributed by atoms with Crippen molar-refractivity contribution in [3.05, 3.63) is 12.7 Å². The van der Waals surface area contributed by atoms with Crippen LogP contribution < -0.4 is 21.7 Å². The second-order valence-corrected chi connectivity index (χ2v) is 7.33. The molecule has 25 heavy (non-hydrogen) atoms. The van der Waals surface area contributed by atoms with E-state index in [1.165, 1.54) is 12.7 Å². The van der Waals surface area contributed by atoms with Gasteiger partial charge in [0.05, 0.1) is 23.7 Å². The van der Waals surface area contributed by atoms with Crippen LogP contribution in [-0.4, -0.2) is 61.0 Å². The first-order chi connectivity index (χ1) is 12.0. The molecule has 0 radical (unpaired) electrons. The van der Waals surface area contributed by atoms with Crippen LogP contribution in [0.15, 0.2) is 12.7 Å². The van der Waals surface area contributed by atoms with Gasteiger partial charge in [-0.05, 0) is 0 Å². The molecular formula is C12H14N10O2Sn. The van der Waals surface area contributed by atoms with Gasteiger partial charge in [-0.1, -0.05) is 0 Å². The third kappa shape index (κ3) is 4.56. The molecule has 0 atom stereocenters. The Morgan fingerprint density at radius 3 is 1.52 bits per heavy atom. The number of rotatable bonds is 0. The van der Waals surface area contributed by atoms with Gasteiger partial charge in [0.25, 0.3) is 0 Å². The van der Waals surface area contributed by atoms with Crippen molar-refractivity contribution in [1.29, 1.82) is 0 Å². The van der Waals surface area contributed by atoms with Crippen molar-refractivity contribution < 1.29 is 10.2 Å². The Bertz CT molecular complexity index is 891. The Kier molecular flexibility index (Phi) is 6.10. The van der Waals surface area contributed by atoms with Crippen LogP contribution in [0.3, 0.4) is 0 Å². The second-order valence-electron chi connectivity index (χ2n) is 4.48. The summed E-state index contributed by atoms with van der Waals surface area (Å²) >= 11 is 0.230.